The molecule has 0 aliphatic carbocycles. The van der Waals surface area contributed by atoms with Gasteiger partial charge in [0.05, 0.1) is 12.2 Å². The number of carbonyl (C=O) groups is 2. The van der Waals surface area contributed by atoms with E-state index < -0.39 is 6.04 Å². The van der Waals surface area contributed by atoms with Gasteiger partial charge in [0.25, 0.3) is 0 Å². The van der Waals surface area contributed by atoms with Crippen molar-refractivity contribution in [3.05, 3.63) is 41.3 Å². The SMILES string of the molecule is Cc1c(NC(=O)[C@H]2CCCC(=O)N2)nnn1Cc1ccccc1F. The van der Waals surface area contributed by atoms with E-state index in [-0.39, 0.29) is 24.2 Å². The summed E-state index contributed by atoms with van der Waals surface area (Å²) in [5.74, 6) is -0.440. The largest absolute Gasteiger partial charge is 0.344 e. The van der Waals surface area contributed by atoms with E-state index in [1.807, 2.05) is 0 Å². The molecule has 7 nitrogen and oxygen atoms in total. The van der Waals surface area contributed by atoms with Crippen molar-refractivity contribution in [1.29, 1.82) is 0 Å². The van der Waals surface area contributed by atoms with Crippen molar-refractivity contribution in [2.45, 2.75) is 38.8 Å². The second-order valence-electron chi connectivity index (χ2n) is 5.77. The van der Waals surface area contributed by atoms with Crippen LogP contribution in [0.2, 0.25) is 0 Å². The van der Waals surface area contributed by atoms with E-state index in [0.717, 1.165) is 0 Å². The number of amides is 2. The molecule has 0 bridgehead atoms. The van der Waals surface area contributed by atoms with Gasteiger partial charge < -0.3 is 10.6 Å². The molecule has 3 rings (SSSR count). The van der Waals surface area contributed by atoms with Crippen molar-refractivity contribution in [3.8, 4) is 0 Å². The summed E-state index contributed by atoms with van der Waals surface area (Å²) in [6, 6.07) is 5.88. The number of rotatable bonds is 4. The first-order valence-electron chi connectivity index (χ1n) is 7.78. The van der Waals surface area contributed by atoms with Gasteiger partial charge >= 0.3 is 0 Å². The van der Waals surface area contributed by atoms with Crippen LogP contribution < -0.4 is 10.6 Å². The Morgan fingerprint density at radius 1 is 1.46 bits per heavy atom. The fourth-order valence-electron chi connectivity index (χ4n) is 2.62. The van der Waals surface area contributed by atoms with E-state index in [1.165, 1.54) is 10.7 Å². The fraction of sp³-hybridized carbons (Fsp3) is 0.375. The zero-order valence-corrected chi connectivity index (χ0v) is 13.3. The zero-order valence-electron chi connectivity index (χ0n) is 13.3. The Morgan fingerprint density at radius 2 is 2.25 bits per heavy atom. The van der Waals surface area contributed by atoms with Gasteiger partial charge in [-0.15, -0.1) is 5.10 Å². The van der Waals surface area contributed by atoms with Crippen LogP contribution >= 0.6 is 0 Å². The first kappa shape index (κ1) is 16.1. The van der Waals surface area contributed by atoms with Gasteiger partial charge in [-0.25, -0.2) is 9.07 Å². The summed E-state index contributed by atoms with van der Waals surface area (Å²) >= 11 is 0. The predicted octanol–water partition coefficient (Wildman–Crippen LogP) is 1.38. The number of hydrogen-bond acceptors (Lipinski definition) is 4. The summed E-state index contributed by atoms with van der Waals surface area (Å²) in [6.07, 6.45) is 1.73. The van der Waals surface area contributed by atoms with E-state index in [4.69, 9.17) is 0 Å². The number of hydrogen-bond donors (Lipinski definition) is 2. The molecule has 1 aromatic carbocycles. The lowest BCUT2D eigenvalue weighted by Gasteiger charge is -2.21. The summed E-state index contributed by atoms with van der Waals surface area (Å²) in [5.41, 5.74) is 1.11. The molecule has 1 aliphatic heterocycles. The quantitative estimate of drug-likeness (QED) is 0.886. The number of aromatic nitrogens is 3. The molecule has 0 saturated carbocycles. The van der Waals surface area contributed by atoms with Crippen molar-refractivity contribution in [3.63, 3.8) is 0 Å². The molecule has 0 radical (unpaired) electrons. The van der Waals surface area contributed by atoms with Crippen molar-refractivity contribution in [2.24, 2.45) is 0 Å². The number of carbonyl (C=O) groups excluding carboxylic acids is 2. The lowest BCUT2D eigenvalue weighted by Crippen LogP contribution is -2.46. The van der Waals surface area contributed by atoms with Gasteiger partial charge in [-0.2, -0.15) is 0 Å². The maximum absolute atomic E-state index is 13.7. The van der Waals surface area contributed by atoms with Crippen LogP contribution in [0.5, 0.6) is 0 Å². The molecular formula is C16H18FN5O2. The molecule has 1 fully saturated rings. The molecule has 1 aromatic heterocycles. The minimum Gasteiger partial charge on any atom is -0.344 e. The van der Waals surface area contributed by atoms with Crippen LogP contribution in [0.3, 0.4) is 0 Å². The Hall–Kier alpha value is -2.77. The average Bonchev–Trinajstić information content (AvgIpc) is 2.90. The van der Waals surface area contributed by atoms with E-state index >= 15 is 0 Å². The minimum atomic E-state index is -0.553. The molecule has 24 heavy (non-hydrogen) atoms. The molecule has 126 valence electrons. The molecule has 1 aliphatic rings. The zero-order chi connectivity index (χ0) is 17.1. The fourth-order valence-corrected chi connectivity index (χ4v) is 2.62. The highest BCUT2D eigenvalue weighted by molar-refractivity contribution is 5.97. The topological polar surface area (TPSA) is 88.9 Å². The van der Waals surface area contributed by atoms with E-state index in [2.05, 4.69) is 20.9 Å². The third-order valence-corrected chi connectivity index (χ3v) is 4.05. The first-order valence-corrected chi connectivity index (χ1v) is 7.78. The lowest BCUT2D eigenvalue weighted by atomic mass is 10.0. The molecule has 8 heteroatoms. The molecule has 1 atom stereocenters. The van der Waals surface area contributed by atoms with Gasteiger partial charge in [0.2, 0.25) is 11.8 Å². The second-order valence-corrected chi connectivity index (χ2v) is 5.77. The Bertz CT molecular complexity index is 774. The summed E-state index contributed by atoms with van der Waals surface area (Å²) in [7, 11) is 0. The summed E-state index contributed by atoms with van der Waals surface area (Å²) in [5, 5.41) is 13.2. The number of anilines is 1. The Morgan fingerprint density at radius 3 is 3.00 bits per heavy atom. The first-order chi connectivity index (χ1) is 11.5. The normalized spacial score (nSPS) is 17.4. The van der Waals surface area contributed by atoms with Gasteiger partial charge in [-0.3, -0.25) is 9.59 Å². The van der Waals surface area contributed by atoms with Crippen molar-refractivity contribution < 1.29 is 14.0 Å². The number of nitrogens with zero attached hydrogens (tertiary/aromatic N) is 3. The summed E-state index contributed by atoms with van der Waals surface area (Å²) in [4.78, 5) is 23.6. The Kier molecular flexibility index (Phi) is 4.54. The molecule has 2 amide bonds. The maximum atomic E-state index is 13.7. The second kappa shape index (κ2) is 6.77. The number of halogens is 1. The molecule has 2 aromatic rings. The number of piperidine rings is 1. The van der Waals surface area contributed by atoms with E-state index in [1.54, 1.807) is 25.1 Å². The van der Waals surface area contributed by atoms with Crippen LogP contribution in [-0.4, -0.2) is 32.9 Å². The van der Waals surface area contributed by atoms with Gasteiger partial charge in [0.1, 0.15) is 11.9 Å². The lowest BCUT2D eigenvalue weighted by molar-refractivity contribution is -0.128. The van der Waals surface area contributed by atoms with Crippen LogP contribution in [0.4, 0.5) is 10.2 Å². The van der Waals surface area contributed by atoms with Crippen LogP contribution in [-0.2, 0) is 16.1 Å². The predicted molar refractivity (Wildman–Crippen MR) is 84.7 cm³/mol. The standard InChI is InChI=1S/C16H18FN5O2/c1-10-15(19-16(24)13-7-4-8-14(23)18-13)20-21-22(10)9-11-5-2-3-6-12(11)17/h2-3,5-6,13H,4,7-9H2,1H3,(H,18,23)(H,19,24)/t13-/m1/s1. The Balaban J connectivity index is 1.69. The summed E-state index contributed by atoms with van der Waals surface area (Å²) in [6.45, 7) is 1.97. The van der Waals surface area contributed by atoms with Gasteiger partial charge in [0.15, 0.2) is 5.82 Å². The molecule has 0 spiro atoms. The van der Waals surface area contributed by atoms with Crippen molar-refractivity contribution in [1.82, 2.24) is 20.3 Å². The molecule has 2 heterocycles. The van der Waals surface area contributed by atoms with Gasteiger partial charge in [0, 0.05) is 12.0 Å². The number of benzene rings is 1. The van der Waals surface area contributed by atoms with Gasteiger partial charge in [-0.05, 0) is 25.8 Å². The van der Waals surface area contributed by atoms with Gasteiger partial charge in [-0.1, -0.05) is 23.4 Å². The molecule has 1 saturated heterocycles. The third kappa shape index (κ3) is 3.42. The smallest absolute Gasteiger partial charge is 0.248 e. The van der Waals surface area contributed by atoms with E-state index in [9.17, 15) is 14.0 Å². The monoisotopic (exact) mass is 331 g/mol. The van der Waals surface area contributed by atoms with Crippen LogP contribution in [0.25, 0.3) is 0 Å². The highest BCUT2D eigenvalue weighted by atomic mass is 19.1. The maximum Gasteiger partial charge on any atom is 0.248 e. The van der Waals surface area contributed by atoms with Crippen molar-refractivity contribution in [2.75, 3.05) is 5.32 Å². The van der Waals surface area contributed by atoms with Crippen LogP contribution in [0, 0.1) is 12.7 Å². The highest BCUT2D eigenvalue weighted by Crippen LogP contribution is 2.16. The van der Waals surface area contributed by atoms with Crippen LogP contribution in [0.15, 0.2) is 24.3 Å². The average molecular weight is 331 g/mol. The Labute approximate surface area is 138 Å². The molecule has 0 unspecified atom stereocenters. The molecular weight excluding hydrogens is 313 g/mol. The molecule has 2 N–H and O–H groups in total. The minimum absolute atomic E-state index is 0.124. The van der Waals surface area contributed by atoms with Crippen LogP contribution in [0.1, 0.15) is 30.5 Å². The highest BCUT2D eigenvalue weighted by Gasteiger charge is 2.25. The van der Waals surface area contributed by atoms with Crippen molar-refractivity contribution >= 4 is 17.6 Å². The summed E-state index contributed by atoms with van der Waals surface area (Å²) < 4.78 is 15.3. The third-order valence-electron chi connectivity index (χ3n) is 4.05. The number of nitrogens with one attached hydrogen (secondary N) is 2. The van der Waals surface area contributed by atoms with E-state index in [0.29, 0.717) is 36.3 Å².